The SMILES string of the molecule is CCNCc1cc(F)c(OCCCC2CCCO2)c(F)c1. The largest absolute Gasteiger partial charge is 0.488 e. The van der Waals surface area contributed by atoms with Gasteiger partial charge >= 0.3 is 0 Å². The normalized spacial score (nSPS) is 18.1. The molecule has 1 unspecified atom stereocenters. The molecule has 21 heavy (non-hydrogen) atoms. The van der Waals surface area contributed by atoms with Crippen molar-refractivity contribution in [2.75, 3.05) is 19.8 Å². The summed E-state index contributed by atoms with van der Waals surface area (Å²) in [6.07, 6.45) is 4.07. The molecule has 3 nitrogen and oxygen atoms in total. The Hall–Kier alpha value is -1.20. The van der Waals surface area contributed by atoms with Crippen LogP contribution in [0.3, 0.4) is 0 Å². The highest BCUT2D eigenvalue weighted by atomic mass is 19.1. The van der Waals surface area contributed by atoms with Gasteiger partial charge in [0.2, 0.25) is 0 Å². The summed E-state index contributed by atoms with van der Waals surface area (Å²) in [6, 6.07) is 2.64. The number of hydrogen-bond acceptors (Lipinski definition) is 3. The fourth-order valence-corrected chi connectivity index (χ4v) is 2.48. The maximum Gasteiger partial charge on any atom is 0.190 e. The lowest BCUT2D eigenvalue weighted by Crippen LogP contribution is -2.13. The first-order valence-electron chi connectivity index (χ1n) is 7.63. The van der Waals surface area contributed by atoms with Crippen LogP contribution in [0.1, 0.15) is 38.2 Å². The summed E-state index contributed by atoms with van der Waals surface area (Å²) in [5.41, 5.74) is 0.582. The molecule has 0 aliphatic carbocycles. The van der Waals surface area contributed by atoms with E-state index in [2.05, 4.69) is 5.32 Å². The molecule has 0 saturated carbocycles. The molecule has 0 aromatic heterocycles. The van der Waals surface area contributed by atoms with Crippen LogP contribution in [0.2, 0.25) is 0 Å². The van der Waals surface area contributed by atoms with Gasteiger partial charge in [-0.15, -0.1) is 0 Å². The number of nitrogens with one attached hydrogen (secondary N) is 1. The summed E-state index contributed by atoms with van der Waals surface area (Å²) < 4.78 is 38.5. The lowest BCUT2D eigenvalue weighted by atomic mass is 10.1. The maximum absolute atomic E-state index is 13.8. The fraction of sp³-hybridized carbons (Fsp3) is 0.625. The van der Waals surface area contributed by atoms with E-state index < -0.39 is 11.6 Å². The highest BCUT2D eigenvalue weighted by Gasteiger charge is 2.16. The van der Waals surface area contributed by atoms with E-state index in [0.717, 1.165) is 38.8 Å². The van der Waals surface area contributed by atoms with Gasteiger partial charge in [-0.1, -0.05) is 6.92 Å². The second-order valence-corrected chi connectivity index (χ2v) is 5.29. The lowest BCUT2D eigenvalue weighted by molar-refractivity contribution is 0.0977. The highest BCUT2D eigenvalue weighted by Crippen LogP contribution is 2.24. The summed E-state index contributed by atoms with van der Waals surface area (Å²) in [6.45, 7) is 4.27. The van der Waals surface area contributed by atoms with Crippen molar-refractivity contribution in [3.05, 3.63) is 29.3 Å². The molecule has 1 saturated heterocycles. The predicted octanol–water partition coefficient (Wildman–Crippen LogP) is 3.41. The zero-order chi connectivity index (χ0) is 15.1. The monoisotopic (exact) mass is 299 g/mol. The first-order valence-corrected chi connectivity index (χ1v) is 7.63. The van der Waals surface area contributed by atoms with Gasteiger partial charge in [0.1, 0.15) is 0 Å². The Labute approximate surface area is 124 Å². The predicted molar refractivity (Wildman–Crippen MR) is 77.4 cm³/mol. The quantitative estimate of drug-likeness (QED) is 0.746. The Morgan fingerprint density at radius 3 is 2.71 bits per heavy atom. The van der Waals surface area contributed by atoms with Gasteiger partial charge in [-0.25, -0.2) is 8.78 Å². The van der Waals surface area contributed by atoms with Crippen LogP contribution in [0.15, 0.2) is 12.1 Å². The number of halogens is 2. The molecule has 0 bridgehead atoms. The van der Waals surface area contributed by atoms with E-state index in [1.165, 1.54) is 12.1 Å². The summed E-state index contributed by atoms with van der Waals surface area (Å²) in [7, 11) is 0. The molecule has 1 aromatic carbocycles. The van der Waals surface area contributed by atoms with Gasteiger partial charge in [0.25, 0.3) is 0 Å². The van der Waals surface area contributed by atoms with Gasteiger partial charge in [0.05, 0.1) is 12.7 Å². The molecule has 118 valence electrons. The highest BCUT2D eigenvalue weighted by molar-refractivity contribution is 5.31. The van der Waals surface area contributed by atoms with Crippen LogP contribution in [0.25, 0.3) is 0 Å². The maximum atomic E-state index is 13.8. The topological polar surface area (TPSA) is 30.5 Å². The zero-order valence-electron chi connectivity index (χ0n) is 12.5. The Morgan fingerprint density at radius 1 is 1.33 bits per heavy atom. The molecule has 0 spiro atoms. The molecule has 1 aliphatic heterocycles. The van der Waals surface area contributed by atoms with Crippen LogP contribution in [0.4, 0.5) is 8.78 Å². The minimum atomic E-state index is -0.639. The molecular formula is C16H23F2NO2. The van der Waals surface area contributed by atoms with Crippen molar-refractivity contribution in [3.8, 4) is 5.75 Å². The molecule has 1 aromatic rings. The van der Waals surface area contributed by atoms with E-state index in [9.17, 15) is 8.78 Å². The van der Waals surface area contributed by atoms with E-state index in [1.54, 1.807) is 0 Å². The molecule has 1 fully saturated rings. The minimum Gasteiger partial charge on any atom is -0.488 e. The van der Waals surface area contributed by atoms with E-state index in [0.29, 0.717) is 18.7 Å². The van der Waals surface area contributed by atoms with Crippen LogP contribution in [-0.2, 0) is 11.3 Å². The lowest BCUT2D eigenvalue weighted by Gasteiger charge is -2.12. The molecule has 1 N–H and O–H groups in total. The average molecular weight is 299 g/mol. The second kappa shape index (κ2) is 8.29. The molecule has 5 heteroatoms. The second-order valence-electron chi connectivity index (χ2n) is 5.29. The first kappa shape index (κ1) is 16.2. The Kier molecular flexibility index (Phi) is 6.39. The molecule has 2 rings (SSSR count). The van der Waals surface area contributed by atoms with Gasteiger partial charge in [0.15, 0.2) is 17.4 Å². The molecule has 1 aliphatic rings. The van der Waals surface area contributed by atoms with Gasteiger partial charge in [-0.2, -0.15) is 0 Å². The third-order valence-corrected chi connectivity index (χ3v) is 3.58. The molecular weight excluding hydrogens is 276 g/mol. The Balaban J connectivity index is 1.81. The first-order chi connectivity index (χ1) is 10.2. The third kappa shape index (κ3) is 4.93. The third-order valence-electron chi connectivity index (χ3n) is 3.58. The van der Waals surface area contributed by atoms with Crippen molar-refractivity contribution < 1.29 is 18.3 Å². The number of ether oxygens (including phenoxy) is 2. The van der Waals surface area contributed by atoms with Crippen molar-refractivity contribution in [1.29, 1.82) is 0 Å². The molecule has 0 amide bonds. The summed E-state index contributed by atoms with van der Waals surface area (Å²) in [4.78, 5) is 0. The van der Waals surface area contributed by atoms with Gasteiger partial charge in [-0.05, 0) is 49.9 Å². The minimum absolute atomic E-state index is 0.275. The van der Waals surface area contributed by atoms with Crippen LogP contribution in [0.5, 0.6) is 5.75 Å². The van der Waals surface area contributed by atoms with Crippen LogP contribution in [-0.4, -0.2) is 25.9 Å². The summed E-state index contributed by atoms with van der Waals surface area (Å²) in [5.74, 6) is -1.55. The van der Waals surface area contributed by atoms with Gasteiger partial charge in [-0.3, -0.25) is 0 Å². The van der Waals surface area contributed by atoms with Crippen molar-refractivity contribution >= 4 is 0 Å². The summed E-state index contributed by atoms with van der Waals surface area (Å²) in [5, 5.41) is 3.03. The number of benzene rings is 1. The molecule has 1 atom stereocenters. The Morgan fingerprint density at radius 2 is 2.10 bits per heavy atom. The van der Waals surface area contributed by atoms with Gasteiger partial charge < -0.3 is 14.8 Å². The number of rotatable bonds is 8. The van der Waals surface area contributed by atoms with Crippen LogP contribution in [0, 0.1) is 11.6 Å². The van der Waals surface area contributed by atoms with Crippen molar-refractivity contribution in [1.82, 2.24) is 5.32 Å². The van der Waals surface area contributed by atoms with E-state index >= 15 is 0 Å². The fourth-order valence-electron chi connectivity index (χ4n) is 2.48. The van der Waals surface area contributed by atoms with Crippen molar-refractivity contribution in [2.45, 2.75) is 45.3 Å². The zero-order valence-corrected chi connectivity index (χ0v) is 12.5. The van der Waals surface area contributed by atoms with E-state index in [4.69, 9.17) is 9.47 Å². The molecule has 0 radical (unpaired) electrons. The van der Waals surface area contributed by atoms with E-state index in [1.807, 2.05) is 6.92 Å². The Bertz CT molecular complexity index is 425. The summed E-state index contributed by atoms with van der Waals surface area (Å²) >= 11 is 0. The number of hydrogen-bond donors (Lipinski definition) is 1. The molecule has 1 heterocycles. The van der Waals surface area contributed by atoms with Crippen molar-refractivity contribution in [2.24, 2.45) is 0 Å². The average Bonchev–Trinajstić information content (AvgIpc) is 2.96. The van der Waals surface area contributed by atoms with Gasteiger partial charge in [0, 0.05) is 13.2 Å². The van der Waals surface area contributed by atoms with Crippen molar-refractivity contribution in [3.63, 3.8) is 0 Å². The van der Waals surface area contributed by atoms with E-state index in [-0.39, 0.29) is 11.9 Å². The standard InChI is InChI=1S/C16H23F2NO2/c1-2-19-11-12-9-14(17)16(15(18)10-12)21-8-4-6-13-5-3-7-20-13/h9-10,13,19H,2-8,11H2,1H3. The van der Waals surface area contributed by atoms with Crippen LogP contribution >= 0.6 is 0 Å². The smallest absolute Gasteiger partial charge is 0.190 e. The van der Waals surface area contributed by atoms with Crippen LogP contribution < -0.4 is 10.1 Å².